The van der Waals surface area contributed by atoms with Crippen LogP contribution in [0.2, 0.25) is 0 Å². The van der Waals surface area contributed by atoms with Crippen molar-refractivity contribution >= 4 is 36.1 Å². The van der Waals surface area contributed by atoms with Gasteiger partial charge in [-0.3, -0.25) is 19.2 Å². The van der Waals surface area contributed by atoms with Gasteiger partial charge in [0.15, 0.2) is 0 Å². The first-order valence-corrected chi connectivity index (χ1v) is 10.2. The second-order valence-electron chi connectivity index (χ2n) is 6.83. The van der Waals surface area contributed by atoms with Gasteiger partial charge in [-0.2, -0.15) is 12.6 Å². The quantitative estimate of drug-likeness (QED) is 0.151. The van der Waals surface area contributed by atoms with Gasteiger partial charge in [-0.1, -0.05) is 0 Å². The lowest BCUT2D eigenvalue weighted by Gasteiger charge is -2.17. The number of rotatable bonds is 15. The van der Waals surface area contributed by atoms with Crippen molar-refractivity contribution in [2.45, 2.75) is 64.1 Å². The number of amides is 3. The lowest BCUT2D eigenvalue weighted by Crippen LogP contribution is -2.50. The van der Waals surface area contributed by atoms with Crippen LogP contribution in [0.25, 0.3) is 0 Å². The van der Waals surface area contributed by atoms with Crippen LogP contribution in [0.1, 0.15) is 46.0 Å². The van der Waals surface area contributed by atoms with E-state index in [1.165, 1.54) is 0 Å². The number of Topliss-reactive ketones (excluding diaryl/α,β-unsaturated/α-hetero) is 1. The summed E-state index contributed by atoms with van der Waals surface area (Å²) in [7, 11) is 1.75. The lowest BCUT2D eigenvalue weighted by atomic mass is 10.1. The van der Waals surface area contributed by atoms with Crippen LogP contribution in [0.5, 0.6) is 0 Å². The van der Waals surface area contributed by atoms with Gasteiger partial charge in [0.05, 0.1) is 12.6 Å². The molecule has 0 aliphatic rings. The zero-order chi connectivity index (χ0) is 21.5. The van der Waals surface area contributed by atoms with E-state index in [1.54, 1.807) is 20.9 Å². The van der Waals surface area contributed by atoms with Crippen LogP contribution in [0.15, 0.2) is 0 Å². The van der Waals surface area contributed by atoms with Crippen molar-refractivity contribution in [3.8, 4) is 0 Å². The van der Waals surface area contributed by atoms with Crippen molar-refractivity contribution < 1.29 is 19.2 Å². The monoisotopic (exact) mass is 417 g/mol. The van der Waals surface area contributed by atoms with E-state index in [0.29, 0.717) is 19.4 Å². The van der Waals surface area contributed by atoms with Crippen molar-refractivity contribution in [3.63, 3.8) is 0 Å². The van der Waals surface area contributed by atoms with Crippen molar-refractivity contribution in [2.75, 3.05) is 25.9 Å². The molecule has 3 atom stereocenters. The third-order valence-electron chi connectivity index (χ3n) is 4.17. The highest BCUT2D eigenvalue weighted by Gasteiger charge is 2.19. The van der Waals surface area contributed by atoms with E-state index in [0.717, 1.165) is 12.8 Å². The van der Waals surface area contributed by atoms with Crippen molar-refractivity contribution in [3.05, 3.63) is 0 Å². The topological polar surface area (TPSA) is 142 Å². The zero-order valence-electron chi connectivity index (χ0n) is 17.0. The summed E-state index contributed by atoms with van der Waals surface area (Å²) < 4.78 is 0. The third-order valence-corrected chi connectivity index (χ3v) is 4.53. The first-order chi connectivity index (χ1) is 13.2. The molecule has 6 N–H and O–H groups in total. The van der Waals surface area contributed by atoms with Gasteiger partial charge in [-0.25, -0.2) is 0 Å². The van der Waals surface area contributed by atoms with Gasteiger partial charge in [-0.05, 0) is 46.6 Å². The van der Waals surface area contributed by atoms with E-state index in [2.05, 4.69) is 33.9 Å². The Labute approximate surface area is 172 Å². The molecule has 0 aromatic heterocycles. The van der Waals surface area contributed by atoms with Gasteiger partial charge < -0.3 is 27.0 Å². The van der Waals surface area contributed by atoms with E-state index < -0.39 is 11.9 Å². The summed E-state index contributed by atoms with van der Waals surface area (Å²) in [5.41, 5.74) is 5.60. The number of likely N-dealkylation sites (N-methyl/N-ethyl adjacent to an activating group) is 1. The summed E-state index contributed by atoms with van der Waals surface area (Å²) >= 11 is 4.07. The van der Waals surface area contributed by atoms with Crippen LogP contribution in [-0.2, 0) is 19.2 Å². The largest absolute Gasteiger partial charge is 0.355 e. The van der Waals surface area contributed by atoms with Gasteiger partial charge in [-0.15, -0.1) is 0 Å². The Kier molecular flexibility index (Phi) is 14.4. The molecule has 0 heterocycles. The molecular formula is C18H35N5O4S. The van der Waals surface area contributed by atoms with E-state index in [4.69, 9.17) is 5.73 Å². The number of thiol groups is 1. The Morgan fingerprint density at radius 3 is 2.21 bits per heavy atom. The molecular weight excluding hydrogens is 382 g/mol. The molecule has 3 unspecified atom stereocenters. The second kappa shape index (κ2) is 15.3. The Morgan fingerprint density at radius 1 is 1.00 bits per heavy atom. The molecule has 0 saturated carbocycles. The number of carbonyl (C=O) groups excluding carboxylic acids is 4. The first kappa shape index (κ1) is 26.4. The highest BCUT2D eigenvalue weighted by molar-refractivity contribution is 7.80. The molecule has 10 heteroatoms. The zero-order valence-corrected chi connectivity index (χ0v) is 17.9. The predicted molar refractivity (Wildman–Crippen MR) is 112 cm³/mol. The van der Waals surface area contributed by atoms with E-state index >= 15 is 0 Å². The van der Waals surface area contributed by atoms with E-state index in [9.17, 15) is 19.2 Å². The van der Waals surface area contributed by atoms with Crippen LogP contribution in [0, 0.1) is 0 Å². The Morgan fingerprint density at radius 2 is 1.68 bits per heavy atom. The molecule has 0 aliphatic heterocycles. The number of carbonyl (C=O) groups is 4. The highest BCUT2D eigenvalue weighted by Crippen LogP contribution is 2.01. The fourth-order valence-corrected chi connectivity index (χ4v) is 2.68. The molecule has 0 spiro atoms. The molecule has 0 rings (SSSR count). The molecule has 0 saturated heterocycles. The minimum absolute atomic E-state index is 0.0932. The maximum Gasteiger partial charge on any atom is 0.243 e. The predicted octanol–water partition coefficient (Wildman–Crippen LogP) is -0.892. The highest BCUT2D eigenvalue weighted by atomic mass is 32.1. The summed E-state index contributed by atoms with van der Waals surface area (Å²) in [6.45, 7) is 3.64. The molecule has 9 nitrogen and oxygen atoms in total. The van der Waals surface area contributed by atoms with E-state index in [1.807, 2.05) is 0 Å². The van der Waals surface area contributed by atoms with Gasteiger partial charge in [0, 0.05) is 24.8 Å². The molecule has 0 bridgehead atoms. The summed E-state index contributed by atoms with van der Waals surface area (Å²) in [6, 6.07) is -1.05. The average Bonchev–Trinajstić information content (AvgIpc) is 2.64. The normalized spacial score (nSPS) is 13.9. The molecule has 0 radical (unpaired) electrons. The first-order valence-electron chi connectivity index (χ1n) is 9.59. The summed E-state index contributed by atoms with van der Waals surface area (Å²) in [5.74, 6) is -0.830. The Balaban J connectivity index is 4.03. The SMILES string of the molecule is CNC(CCCCNC(=O)CNC(=O)C(CS)NC(=O)CCC(C)N)C(C)=O. The fourth-order valence-electron chi connectivity index (χ4n) is 2.42. The molecule has 0 aromatic carbocycles. The van der Waals surface area contributed by atoms with Crippen LogP contribution in [0.4, 0.5) is 0 Å². The van der Waals surface area contributed by atoms with Crippen molar-refractivity contribution in [2.24, 2.45) is 5.73 Å². The minimum Gasteiger partial charge on any atom is -0.355 e. The second-order valence-corrected chi connectivity index (χ2v) is 7.20. The average molecular weight is 418 g/mol. The van der Waals surface area contributed by atoms with Crippen molar-refractivity contribution in [1.82, 2.24) is 21.3 Å². The Hall–Kier alpha value is -1.65. The summed E-state index contributed by atoms with van der Waals surface area (Å²) in [4.78, 5) is 47.0. The summed E-state index contributed by atoms with van der Waals surface area (Å²) in [5, 5.41) is 10.7. The van der Waals surface area contributed by atoms with Crippen LogP contribution >= 0.6 is 12.6 Å². The number of hydrogen-bond acceptors (Lipinski definition) is 7. The van der Waals surface area contributed by atoms with E-state index in [-0.39, 0.29) is 48.4 Å². The number of nitrogens with one attached hydrogen (secondary N) is 4. The van der Waals surface area contributed by atoms with Crippen molar-refractivity contribution in [1.29, 1.82) is 0 Å². The Bertz CT molecular complexity index is 516. The van der Waals surface area contributed by atoms with Crippen LogP contribution < -0.4 is 27.0 Å². The van der Waals surface area contributed by atoms with Gasteiger partial charge in [0.1, 0.15) is 11.8 Å². The number of nitrogens with two attached hydrogens (primary N) is 1. The lowest BCUT2D eigenvalue weighted by molar-refractivity contribution is -0.129. The van der Waals surface area contributed by atoms with Gasteiger partial charge in [0.2, 0.25) is 17.7 Å². The molecule has 28 heavy (non-hydrogen) atoms. The minimum atomic E-state index is -0.804. The molecule has 162 valence electrons. The maximum absolute atomic E-state index is 12.1. The molecule has 0 aliphatic carbocycles. The smallest absolute Gasteiger partial charge is 0.243 e. The fraction of sp³-hybridized carbons (Fsp3) is 0.778. The van der Waals surface area contributed by atoms with Crippen LogP contribution in [-0.4, -0.2) is 67.5 Å². The van der Waals surface area contributed by atoms with Gasteiger partial charge >= 0.3 is 0 Å². The standard InChI is InChI=1S/C18H35N5O4S/c1-12(19)7-8-16(25)23-15(11-28)18(27)22-10-17(26)21-9-5-4-6-14(20-3)13(2)24/h12,14-15,20,28H,4-11,19H2,1-3H3,(H,21,26)(H,22,27)(H,23,25). The summed E-state index contributed by atoms with van der Waals surface area (Å²) in [6.07, 6.45) is 3.00. The number of ketones is 1. The molecule has 0 aromatic rings. The maximum atomic E-state index is 12.1. The van der Waals surface area contributed by atoms with Gasteiger partial charge in [0.25, 0.3) is 0 Å². The molecule has 3 amide bonds. The number of hydrogen-bond donors (Lipinski definition) is 6. The molecule has 0 fully saturated rings. The number of unbranched alkanes of at least 4 members (excludes halogenated alkanes) is 1. The van der Waals surface area contributed by atoms with Crippen LogP contribution in [0.3, 0.4) is 0 Å². The third kappa shape index (κ3) is 12.7.